The van der Waals surface area contributed by atoms with Gasteiger partial charge in [-0.15, -0.1) is 5.10 Å². The minimum Gasteiger partial charge on any atom is -0.370 e. The summed E-state index contributed by atoms with van der Waals surface area (Å²) >= 11 is 0. The SMILES string of the molecule is [C-]#[N+]c1ccc(-c2cc(NCC3CCCNCC3)nn2-c2ccc(N3CCS(=O)CC3)cc2)cc1F. The van der Waals surface area contributed by atoms with Gasteiger partial charge in [-0.2, -0.15) is 0 Å². The molecule has 2 saturated heterocycles. The molecule has 188 valence electrons. The van der Waals surface area contributed by atoms with Gasteiger partial charge in [0.15, 0.2) is 0 Å². The molecule has 0 bridgehead atoms. The third-order valence-electron chi connectivity index (χ3n) is 6.98. The Bertz CT molecular complexity index is 1250. The molecule has 0 aliphatic carbocycles. The Morgan fingerprint density at radius 3 is 2.61 bits per heavy atom. The number of anilines is 2. The highest BCUT2D eigenvalue weighted by Crippen LogP contribution is 2.31. The van der Waals surface area contributed by atoms with Gasteiger partial charge in [0.1, 0.15) is 11.6 Å². The number of rotatable bonds is 6. The Balaban J connectivity index is 1.42. The van der Waals surface area contributed by atoms with Crippen LogP contribution in [0.5, 0.6) is 0 Å². The van der Waals surface area contributed by atoms with Crippen molar-refractivity contribution in [2.24, 2.45) is 5.92 Å². The van der Waals surface area contributed by atoms with E-state index in [1.807, 2.05) is 22.9 Å². The van der Waals surface area contributed by atoms with E-state index in [1.165, 1.54) is 25.0 Å². The molecule has 36 heavy (non-hydrogen) atoms. The van der Waals surface area contributed by atoms with Crippen molar-refractivity contribution < 1.29 is 8.60 Å². The van der Waals surface area contributed by atoms with Crippen molar-refractivity contribution in [1.29, 1.82) is 0 Å². The Labute approximate surface area is 214 Å². The second-order valence-electron chi connectivity index (χ2n) is 9.38. The Hall–Kier alpha value is -3.22. The zero-order chi connectivity index (χ0) is 24.9. The van der Waals surface area contributed by atoms with Gasteiger partial charge in [-0.05, 0) is 68.6 Å². The van der Waals surface area contributed by atoms with Gasteiger partial charge >= 0.3 is 0 Å². The van der Waals surface area contributed by atoms with Crippen molar-refractivity contribution in [3.05, 3.63) is 65.8 Å². The number of halogens is 1. The highest BCUT2D eigenvalue weighted by molar-refractivity contribution is 7.85. The van der Waals surface area contributed by atoms with Crippen LogP contribution >= 0.6 is 0 Å². The van der Waals surface area contributed by atoms with E-state index in [9.17, 15) is 8.60 Å². The van der Waals surface area contributed by atoms with E-state index in [-0.39, 0.29) is 5.69 Å². The van der Waals surface area contributed by atoms with Crippen LogP contribution in [0.3, 0.4) is 0 Å². The molecule has 3 aromatic rings. The van der Waals surface area contributed by atoms with Gasteiger partial charge in [-0.3, -0.25) is 4.21 Å². The summed E-state index contributed by atoms with van der Waals surface area (Å²) in [4.78, 5) is 5.50. The molecular formula is C27H31FN6OS. The number of benzene rings is 2. The largest absolute Gasteiger partial charge is 0.370 e. The predicted molar refractivity (Wildman–Crippen MR) is 144 cm³/mol. The molecule has 2 N–H and O–H groups in total. The highest BCUT2D eigenvalue weighted by Gasteiger charge is 2.18. The van der Waals surface area contributed by atoms with Crippen LogP contribution in [0.25, 0.3) is 21.8 Å². The van der Waals surface area contributed by atoms with Crippen molar-refractivity contribution in [1.82, 2.24) is 15.1 Å². The van der Waals surface area contributed by atoms with E-state index >= 15 is 0 Å². The fraction of sp³-hybridized carbons (Fsp3) is 0.407. The van der Waals surface area contributed by atoms with E-state index in [0.29, 0.717) is 23.0 Å². The third kappa shape index (κ3) is 5.61. The van der Waals surface area contributed by atoms with Gasteiger partial charge in [0.2, 0.25) is 5.69 Å². The molecule has 1 atom stereocenters. The molecule has 1 aromatic heterocycles. The monoisotopic (exact) mass is 506 g/mol. The minimum atomic E-state index is -0.715. The van der Waals surface area contributed by atoms with Crippen molar-refractivity contribution in [3.63, 3.8) is 0 Å². The molecule has 0 radical (unpaired) electrons. The van der Waals surface area contributed by atoms with E-state index in [0.717, 1.165) is 62.0 Å². The summed E-state index contributed by atoms with van der Waals surface area (Å²) in [7, 11) is -0.715. The van der Waals surface area contributed by atoms with Gasteiger partial charge in [-0.1, -0.05) is 12.1 Å². The first-order chi connectivity index (χ1) is 17.6. The molecule has 7 nitrogen and oxygen atoms in total. The summed E-state index contributed by atoms with van der Waals surface area (Å²) in [6.07, 6.45) is 3.50. The second kappa shape index (κ2) is 11.2. The lowest BCUT2D eigenvalue weighted by molar-refractivity contribution is 0.496. The highest BCUT2D eigenvalue weighted by atomic mass is 32.2. The Morgan fingerprint density at radius 2 is 1.86 bits per heavy atom. The molecule has 2 fully saturated rings. The summed E-state index contributed by atoms with van der Waals surface area (Å²) < 4.78 is 28.0. The van der Waals surface area contributed by atoms with Gasteiger partial charge in [0.05, 0.1) is 18.0 Å². The summed E-state index contributed by atoms with van der Waals surface area (Å²) in [5.74, 6) is 2.20. The van der Waals surface area contributed by atoms with Crippen molar-refractivity contribution in [2.45, 2.75) is 19.3 Å². The predicted octanol–water partition coefficient (Wildman–Crippen LogP) is 4.60. The van der Waals surface area contributed by atoms with Crippen LogP contribution in [-0.4, -0.2) is 58.2 Å². The number of aromatic nitrogens is 2. The fourth-order valence-electron chi connectivity index (χ4n) is 4.87. The average Bonchev–Trinajstić information content (AvgIpc) is 3.15. The van der Waals surface area contributed by atoms with E-state index in [1.54, 1.807) is 6.07 Å². The van der Waals surface area contributed by atoms with Crippen LogP contribution in [0.1, 0.15) is 19.3 Å². The van der Waals surface area contributed by atoms with E-state index in [2.05, 4.69) is 32.5 Å². The topological polar surface area (TPSA) is 66.6 Å². The Kier molecular flexibility index (Phi) is 7.63. The Morgan fingerprint density at radius 1 is 1.08 bits per heavy atom. The van der Waals surface area contributed by atoms with Crippen LogP contribution in [0.15, 0.2) is 48.5 Å². The molecule has 0 saturated carbocycles. The second-order valence-corrected chi connectivity index (χ2v) is 11.1. The zero-order valence-corrected chi connectivity index (χ0v) is 21.1. The minimum absolute atomic E-state index is 0.0111. The number of nitrogens with zero attached hydrogens (tertiary/aromatic N) is 4. The van der Waals surface area contributed by atoms with Crippen LogP contribution in [0, 0.1) is 18.3 Å². The fourth-order valence-corrected chi connectivity index (χ4v) is 5.92. The maximum Gasteiger partial charge on any atom is 0.222 e. The van der Waals surface area contributed by atoms with Crippen LogP contribution < -0.4 is 15.5 Å². The summed E-state index contributed by atoms with van der Waals surface area (Å²) in [6.45, 7) is 11.7. The first-order valence-electron chi connectivity index (χ1n) is 12.5. The smallest absolute Gasteiger partial charge is 0.222 e. The first-order valence-corrected chi connectivity index (χ1v) is 14.0. The summed E-state index contributed by atoms with van der Waals surface area (Å²) in [6, 6.07) is 14.8. The average molecular weight is 507 g/mol. The van der Waals surface area contributed by atoms with Crippen molar-refractivity contribution >= 4 is 28.0 Å². The zero-order valence-electron chi connectivity index (χ0n) is 20.3. The van der Waals surface area contributed by atoms with Gasteiger partial charge in [0, 0.05) is 59.3 Å². The van der Waals surface area contributed by atoms with Gasteiger partial charge in [-0.25, -0.2) is 13.9 Å². The number of hydrogen-bond acceptors (Lipinski definition) is 5. The van der Waals surface area contributed by atoms with Crippen LogP contribution in [0.4, 0.5) is 21.6 Å². The molecule has 2 aliphatic rings. The third-order valence-corrected chi connectivity index (χ3v) is 8.25. The van der Waals surface area contributed by atoms with E-state index in [4.69, 9.17) is 11.7 Å². The normalized spacial score (nSPS) is 19.0. The maximum atomic E-state index is 14.5. The lowest BCUT2D eigenvalue weighted by Crippen LogP contribution is -2.37. The van der Waals surface area contributed by atoms with Crippen molar-refractivity contribution in [2.75, 3.05) is 54.4 Å². The quantitative estimate of drug-likeness (QED) is 0.479. The number of hydrogen-bond donors (Lipinski definition) is 2. The lowest BCUT2D eigenvalue weighted by Gasteiger charge is -2.28. The molecule has 0 spiro atoms. The van der Waals surface area contributed by atoms with Crippen LogP contribution in [-0.2, 0) is 10.8 Å². The maximum absolute atomic E-state index is 14.5. The van der Waals surface area contributed by atoms with Crippen LogP contribution in [0.2, 0.25) is 0 Å². The lowest BCUT2D eigenvalue weighted by atomic mass is 10.0. The summed E-state index contributed by atoms with van der Waals surface area (Å²) in [5, 5.41) is 11.8. The molecule has 2 aromatic carbocycles. The molecule has 0 amide bonds. The first kappa shape index (κ1) is 24.5. The molecular weight excluding hydrogens is 475 g/mol. The molecule has 5 rings (SSSR count). The molecule has 2 aliphatic heterocycles. The van der Waals surface area contributed by atoms with E-state index < -0.39 is 16.6 Å². The van der Waals surface area contributed by atoms with Gasteiger partial charge in [0.25, 0.3) is 0 Å². The summed E-state index contributed by atoms with van der Waals surface area (Å²) in [5.41, 5.74) is 3.41. The van der Waals surface area contributed by atoms with Crippen molar-refractivity contribution in [3.8, 4) is 16.9 Å². The van der Waals surface area contributed by atoms with Gasteiger partial charge < -0.3 is 15.5 Å². The standard InChI is InChI=1S/C27H31FN6OS/c1-29-25-9-4-21(17-24(25)28)26-18-27(31-19-20-3-2-11-30-12-10-20)32-34(26)23-7-5-22(6-8-23)33-13-15-36(35)16-14-33/h4-9,17-18,20,30H,2-3,10-16,19H2,(H,31,32). The molecule has 1 unspecified atom stereocenters. The number of nitrogens with one attached hydrogen (secondary N) is 2. The molecule has 3 heterocycles. The molecule has 9 heteroatoms.